The van der Waals surface area contributed by atoms with Gasteiger partial charge in [0, 0.05) is 15.4 Å². The van der Waals surface area contributed by atoms with Gasteiger partial charge in [-0.25, -0.2) is 4.79 Å². The molecule has 0 spiro atoms. The van der Waals surface area contributed by atoms with Crippen LogP contribution in [0.1, 0.15) is 23.2 Å². The van der Waals surface area contributed by atoms with Gasteiger partial charge >= 0.3 is 11.9 Å². The molecule has 8 heteroatoms. The number of aliphatic carboxylic acids is 1. The molecule has 1 amide bonds. The average molecular weight is 464 g/mol. The minimum atomic E-state index is -1.00. The van der Waals surface area contributed by atoms with Gasteiger partial charge in [-0.15, -0.1) is 11.3 Å². The van der Waals surface area contributed by atoms with Crippen molar-refractivity contribution in [2.45, 2.75) is 12.8 Å². The van der Waals surface area contributed by atoms with Gasteiger partial charge in [0.15, 0.2) is 0 Å². The van der Waals surface area contributed by atoms with E-state index in [-0.39, 0.29) is 5.56 Å². The minimum Gasteiger partial charge on any atom is -0.481 e. The quantitative estimate of drug-likeness (QED) is 0.500. The van der Waals surface area contributed by atoms with Crippen LogP contribution in [0.2, 0.25) is 0 Å². The van der Waals surface area contributed by atoms with E-state index in [1.54, 1.807) is 11.5 Å². The largest absolute Gasteiger partial charge is 0.481 e. The summed E-state index contributed by atoms with van der Waals surface area (Å²) in [5.41, 5.74) is 1.73. The molecule has 2 aromatic rings. The van der Waals surface area contributed by atoms with E-state index in [0.29, 0.717) is 23.4 Å². The van der Waals surface area contributed by atoms with Crippen LogP contribution >= 0.6 is 27.3 Å². The number of carbonyl (C=O) groups excluding carboxylic acids is 2. The number of esters is 1. The van der Waals surface area contributed by atoms with Gasteiger partial charge in [0.2, 0.25) is 5.91 Å². The number of hydrogen-bond donors (Lipinski definition) is 2. The number of halogens is 1. The van der Waals surface area contributed by atoms with Gasteiger partial charge in [0.05, 0.1) is 18.9 Å². The number of benzene rings is 1. The molecule has 0 saturated carbocycles. The summed E-state index contributed by atoms with van der Waals surface area (Å²) in [4.78, 5) is 36.7. The van der Waals surface area contributed by atoms with Crippen LogP contribution in [0.3, 0.4) is 0 Å². The number of carbonyl (C=O) groups is 3. The van der Waals surface area contributed by atoms with Crippen molar-refractivity contribution in [1.29, 1.82) is 0 Å². The number of hydrogen-bond acceptors (Lipinski definition) is 5. The number of amides is 1. The molecule has 0 bridgehead atoms. The zero-order valence-corrected chi connectivity index (χ0v) is 17.4. The molecule has 2 atom stereocenters. The highest BCUT2D eigenvalue weighted by Crippen LogP contribution is 2.37. The standard InChI is InChI=1S/C20H18BrNO5S/c1-27-20(26)16-15(11-6-8-12(21)9-7-11)10-28-18(16)22-17(23)13-4-2-3-5-14(13)19(24)25/h2-3,6-10,13-14H,4-5H2,1H3,(H,22,23)(H,24,25)/t13-,14+/m0/s1. The van der Waals surface area contributed by atoms with Gasteiger partial charge in [-0.05, 0) is 30.5 Å². The van der Waals surface area contributed by atoms with E-state index in [2.05, 4.69) is 21.2 Å². The monoisotopic (exact) mass is 463 g/mol. The number of ether oxygens (including phenoxy) is 1. The number of rotatable bonds is 5. The summed E-state index contributed by atoms with van der Waals surface area (Å²) in [5, 5.41) is 14.3. The first-order chi connectivity index (χ1) is 13.4. The van der Waals surface area contributed by atoms with E-state index in [1.807, 2.05) is 30.3 Å². The first kappa shape index (κ1) is 20.3. The number of nitrogens with one attached hydrogen (secondary N) is 1. The second-order valence-electron chi connectivity index (χ2n) is 6.34. The normalized spacial score (nSPS) is 18.5. The fourth-order valence-electron chi connectivity index (χ4n) is 3.18. The second-order valence-corrected chi connectivity index (χ2v) is 8.13. The summed E-state index contributed by atoms with van der Waals surface area (Å²) >= 11 is 4.59. The lowest BCUT2D eigenvalue weighted by Crippen LogP contribution is -2.34. The van der Waals surface area contributed by atoms with Crippen LogP contribution in [0.15, 0.2) is 46.3 Å². The molecule has 1 heterocycles. The molecule has 0 saturated heterocycles. The molecule has 28 heavy (non-hydrogen) atoms. The highest BCUT2D eigenvalue weighted by Gasteiger charge is 2.35. The maximum atomic E-state index is 12.8. The van der Waals surface area contributed by atoms with Crippen LogP contribution in [0, 0.1) is 11.8 Å². The Morgan fingerprint density at radius 1 is 1.14 bits per heavy atom. The van der Waals surface area contributed by atoms with Gasteiger partial charge in [0.1, 0.15) is 10.6 Å². The molecule has 0 fully saturated rings. The van der Waals surface area contributed by atoms with E-state index in [9.17, 15) is 19.5 Å². The van der Waals surface area contributed by atoms with Crippen molar-refractivity contribution in [2.24, 2.45) is 11.8 Å². The number of thiophene rings is 1. The molecule has 1 aliphatic carbocycles. The van der Waals surface area contributed by atoms with Gasteiger partial charge in [0.25, 0.3) is 0 Å². The van der Waals surface area contributed by atoms with E-state index < -0.39 is 29.7 Å². The fourth-order valence-corrected chi connectivity index (χ4v) is 4.40. The van der Waals surface area contributed by atoms with Crippen molar-refractivity contribution >= 4 is 50.1 Å². The summed E-state index contributed by atoms with van der Waals surface area (Å²) in [6.45, 7) is 0. The summed E-state index contributed by atoms with van der Waals surface area (Å²) in [6.07, 6.45) is 4.25. The van der Waals surface area contributed by atoms with Crippen LogP contribution in [0.5, 0.6) is 0 Å². The molecular formula is C20H18BrNO5S. The Balaban J connectivity index is 1.92. The van der Waals surface area contributed by atoms with Crippen molar-refractivity contribution in [2.75, 3.05) is 12.4 Å². The molecule has 1 aliphatic rings. The van der Waals surface area contributed by atoms with Gasteiger partial charge in [-0.1, -0.05) is 40.2 Å². The topological polar surface area (TPSA) is 92.7 Å². The van der Waals surface area contributed by atoms with E-state index in [1.165, 1.54) is 18.4 Å². The van der Waals surface area contributed by atoms with E-state index >= 15 is 0 Å². The maximum Gasteiger partial charge on any atom is 0.341 e. The van der Waals surface area contributed by atoms with E-state index in [0.717, 1.165) is 10.0 Å². The predicted octanol–water partition coefficient (Wildman–Crippen LogP) is 4.57. The molecule has 2 N–H and O–H groups in total. The number of allylic oxidation sites excluding steroid dienone is 2. The number of carboxylic acid groups (broad SMARTS) is 1. The molecule has 146 valence electrons. The highest BCUT2D eigenvalue weighted by molar-refractivity contribution is 9.10. The van der Waals surface area contributed by atoms with Gasteiger partial charge < -0.3 is 15.2 Å². The molecule has 1 aromatic heterocycles. The third-order valence-electron chi connectivity index (χ3n) is 4.66. The van der Waals surface area contributed by atoms with Crippen molar-refractivity contribution in [3.8, 4) is 11.1 Å². The molecule has 6 nitrogen and oxygen atoms in total. The Bertz CT molecular complexity index is 935. The first-order valence-electron chi connectivity index (χ1n) is 8.56. The minimum absolute atomic E-state index is 0.265. The van der Waals surface area contributed by atoms with Crippen LogP contribution in [-0.4, -0.2) is 30.1 Å². The Labute approximate surface area is 174 Å². The summed E-state index contributed by atoms with van der Waals surface area (Å²) < 4.78 is 5.82. The zero-order valence-electron chi connectivity index (χ0n) is 15.0. The summed E-state index contributed by atoms with van der Waals surface area (Å²) in [7, 11) is 1.28. The predicted molar refractivity (Wildman–Crippen MR) is 110 cm³/mol. The van der Waals surface area contributed by atoms with E-state index in [4.69, 9.17) is 4.74 Å². The van der Waals surface area contributed by atoms with Gasteiger partial charge in [-0.3, -0.25) is 9.59 Å². The van der Waals surface area contributed by atoms with Crippen LogP contribution in [0.4, 0.5) is 5.00 Å². The smallest absolute Gasteiger partial charge is 0.341 e. The van der Waals surface area contributed by atoms with Crippen molar-refractivity contribution in [3.63, 3.8) is 0 Å². The first-order valence-corrected chi connectivity index (χ1v) is 10.2. The lowest BCUT2D eigenvalue weighted by atomic mass is 9.82. The summed E-state index contributed by atoms with van der Waals surface area (Å²) in [6, 6.07) is 7.43. The van der Waals surface area contributed by atoms with Crippen LogP contribution in [-0.2, 0) is 14.3 Å². The third-order valence-corrected chi connectivity index (χ3v) is 6.08. The molecule has 0 radical (unpaired) electrons. The third kappa shape index (κ3) is 4.18. The van der Waals surface area contributed by atoms with Gasteiger partial charge in [-0.2, -0.15) is 0 Å². The Morgan fingerprint density at radius 2 is 1.79 bits per heavy atom. The Kier molecular flexibility index (Phi) is 6.31. The maximum absolute atomic E-state index is 12.8. The van der Waals surface area contributed by atoms with Crippen molar-refractivity contribution in [1.82, 2.24) is 0 Å². The molecule has 3 rings (SSSR count). The van der Waals surface area contributed by atoms with Crippen molar-refractivity contribution < 1.29 is 24.2 Å². The lowest BCUT2D eigenvalue weighted by molar-refractivity contribution is -0.146. The number of carboxylic acids is 1. The summed E-state index contributed by atoms with van der Waals surface area (Å²) in [5.74, 6) is -3.44. The Hall–Kier alpha value is -2.45. The van der Waals surface area contributed by atoms with Crippen molar-refractivity contribution in [3.05, 3.63) is 51.8 Å². The highest BCUT2D eigenvalue weighted by atomic mass is 79.9. The number of methoxy groups -OCH3 is 1. The van der Waals surface area contributed by atoms with Crippen LogP contribution in [0.25, 0.3) is 11.1 Å². The number of anilines is 1. The Morgan fingerprint density at radius 3 is 2.39 bits per heavy atom. The zero-order chi connectivity index (χ0) is 20.3. The SMILES string of the molecule is COC(=O)c1c(-c2ccc(Br)cc2)csc1NC(=O)[C@H]1CC=CC[C@H]1C(=O)O. The molecule has 0 unspecified atom stereocenters. The molecule has 1 aromatic carbocycles. The molecular weight excluding hydrogens is 446 g/mol. The lowest BCUT2D eigenvalue weighted by Gasteiger charge is -2.24. The van der Waals surface area contributed by atoms with Crippen LogP contribution < -0.4 is 5.32 Å². The average Bonchev–Trinajstić information content (AvgIpc) is 3.11. The molecule has 0 aliphatic heterocycles. The second kappa shape index (κ2) is 8.70. The fraction of sp³-hybridized carbons (Fsp3) is 0.250.